The summed E-state index contributed by atoms with van der Waals surface area (Å²) in [6.45, 7) is 3.25. The van der Waals surface area contributed by atoms with E-state index in [1.54, 1.807) is 24.3 Å². The van der Waals surface area contributed by atoms with Crippen LogP contribution in [0, 0.1) is 0 Å². The van der Waals surface area contributed by atoms with Gasteiger partial charge in [-0.25, -0.2) is 8.42 Å². The third-order valence-corrected chi connectivity index (χ3v) is 6.85. The number of carbonyl (C=O) groups is 1. The van der Waals surface area contributed by atoms with E-state index in [2.05, 4.69) is 22.3 Å². The van der Waals surface area contributed by atoms with Crippen LogP contribution in [0.15, 0.2) is 54.6 Å². The molecule has 0 saturated carbocycles. The summed E-state index contributed by atoms with van der Waals surface area (Å²) in [5.74, 6) is -0.412. The third-order valence-electron chi connectivity index (χ3n) is 4.73. The second-order valence-electron chi connectivity index (χ2n) is 6.74. The highest BCUT2D eigenvalue weighted by atomic mass is 35.5. The molecule has 1 amide bonds. The van der Waals surface area contributed by atoms with Crippen LogP contribution in [0.4, 0.5) is 0 Å². The van der Waals surface area contributed by atoms with Crippen LogP contribution < -0.4 is 5.32 Å². The lowest BCUT2D eigenvalue weighted by molar-refractivity contribution is 0.0956. The third kappa shape index (κ3) is 6.97. The molecule has 0 aliphatic carbocycles. The molecule has 6 nitrogen and oxygen atoms in total. The van der Waals surface area contributed by atoms with E-state index < -0.39 is 10.0 Å². The van der Waals surface area contributed by atoms with Crippen molar-refractivity contribution in [3.05, 3.63) is 70.7 Å². The normalized spacial score (nSPS) is 15.5. The lowest BCUT2D eigenvalue weighted by Gasteiger charge is -2.34. The zero-order valence-electron chi connectivity index (χ0n) is 16.0. The summed E-state index contributed by atoms with van der Waals surface area (Å²) in [6.07, 6.45) is 0. The molecule has 9 heteroatoms. The molecule has 0 bridgehead atoms. The summed E-state index contributed by atoms with van der Waals surface area (Å²) in [7, 11) is -3.39. The molecule has 1 saturated heterocycles. The van der Waals surface area contributed by atoms with Crippen LogP contribution in [0.3, 0.4) is 0 Å². The van der Waals surface area contributed by atoms with E-state index in [0.29, 0.717) is 36.8 Å². The van der Waals surface area contributed by atoms with Gasteiger partial charge < -0.3 is 5.32 Å². The molecule has 29 heavy (non-hydrogen) atoms. The highest BCUT2D eigenvalue weighted by Gasteiger charge is 2.26. The Labute approximate surface area is 183 Å². The molecule has 0 radical (unpaired) electrons. The van der Waals surface area contributed by atoms with Crippen molar-refractivity contribution in [3.8, 4) is 0 Å². The number of piperazine rings is 1. The minimum Gasteiger partial charge on any atom is -0.351 e. The quantitative estimate of drug-likeness (QED) is 0.693. The maximum Gasteiger partial charge on any atom is 0.251 e. The van der Waals surface area contributed by atoms with Crippen LogP contribution in [-0.2, 0) is 16.6 Å². The van der Waals surface area contributed by atoms with Crippen LogP contribution in [0.5, 0.6) is 0 Å². The number of nitrogens with one attached hydrogen (secondary N) is 1. The second-order valence-corrected chi connectivity index (χ2v) is 9.26. The Kier molecular flexibility index (Phi) is 8.92. The van der Waals surface area contributed by atoms with Crippen LogP contribution in [-0.4, -0.2) is 62.0 Å². The van der Waals surface area contributed by atoms with Gasteiger partial charge in [0.15, 0.2) is 0 Å². The minimum absolute atomic E-state index is 0. The van der Waals surface area contributed by atoms with Crippen molar-refractivity contribution in [1.29, 1.82) is 0 Å². The summed E-state index contributed by atoms with van der Waals surface area (Å²) in [4.78, 5) is 14.3. The molecule has 1 aliphatic heterocycles. The van der Waals surface area contributed by atoms with E-state index >= 15 is 0 Å². The second kappa shape index (κ2) is 10.9. The molecule has 1 heterocycles. The van der Waals surface area contributed by atoms with Gasteiger partial charge in [0, 0.05) is 49.9 Å². The lowest BCUT2D eigenvalue weighted by atomic mass is 10.2. The number of hydrogen-bond acceptors (Lipinski definition) is 4. The number of rotatable bonds is 7. The smallest absolute Gasteiger partial charge is 0.251 e. The predicted molar refractivity (Wildman–Crippen MR) is 118 cm³/mol. The van der Waals surface area contributed by atoms with Crippen molar-refractivity contribution >= 4 is 39.9 Å². The fourth-order valence-corrected chi connectivity index (χ4v) is 4.60. The Bertz CT molecular complexity index is 885. The van der Waals surface area contributed by atoms with Crippen LogP contribution in [0.2, 0.25) is 5.02 Å². The molecule has 0 atom stereocenters. The Morgan fingerprint density at radius 1 is 0.966 bits per heavy atom. The molecule has 1 N–H and O–H groups in total. The first-order valence-corrected chi connectivity index (χ1v) is 11.2. The topological polar surface area (TPSA) is 69.7 Å². The zero-order valence-corrected chi connectivity index (χ0v) is 18.3. The van der Waals surface area contributed by atoms with Crippen molar-refractivity contribution in [2.45, 2.75) is 6.54 Å². The average molecular weight is 458 g/mol. The maximum absolute atomic E-state index is 12.6. The van der Waals surface area contributed by atoms with E-state index in [0.717, 1.165) is 6.54 Å². The monoisotopic (exact) mass is 457 g/mol. The molecule has 3 rings (SSSR count). The Hall–Kier alpha value is -1.64. The van der Waals surface area contributed by atoms with Gasteiger partial charge in [-0.2, -0.15) is 4.31 Å². The number of carbonyl (C=O) groups excluding carboxylic acids is 1. The summed E-state index contributed by atoms with van der Waals surface area (Å²) in [5, 5.41) is 3.20. The van der Waals surface area contributed by atoms with Crippen molar-refractivity contribution in [3.63, 3.8) is 0 Å². The van der Waals surface area contributed by atoms with Crippen LogP contribution in [0.1, 0.15) is 15.9 Å². The van der Waals surface area contributed by atoms with Crippen molar-refractivity contribution in [2.75, 3.05) is 38.5 Å². The van der Waals surface area contributed by atoms with E-state index in [1.807, 2.05) is 18.2 Å². The fourth-order valence-electron chi connectivity index (χ4n) is 3.13. The minimum atomic E-state index is -3.39. The van der Waals surface area contributed by atoms with Gasteiger partial charge in [0.25, 0.3) is 5.91 Å². The Balaban J connectivity index is 0.00000300. The predicted octanol–water partition coefficient (Wildman–Crippen LogP) is 2.64. The van der Waals surface area contributed by atoms with Crippen molar-refractivity contribution in [1.82, 2.24) is 14.5 Å². The van der Waals surface area contributed by atoms with Gasteiger partial charge in [-0.1, -0.05) is 41.9 Å². The van der Waals surface area contributed by atoms with Gasteiger partial charge in [0.2, 0.25) is 10.0 Å². The van der Waals surface area contributed by atoms with Crippen molar-refractivity contribution < 1.29 is 13.2 Å². The summed E-state index contributed by atoms with van der Waals surface area (Å²) in [6, 6.07) is 16.6. The maximum atomic E-state index is 12.6. The van der Waals surface area contributed by atoms with Gasteiger partial charge in [0.1, 0.15) is 0 Å². The van der Waals surface area contributed by atoms with Gasteiger partial charge in [-0.3, -0.25) is 9.69 Å². The lowest BCUT2D eigenvalue weighted by Crippen LogP contribution is -2.49. The van der Waals surface area contributed by atoms with Crippen LogP contribution >= 0.6 is 24.0 Å². The van der Waals surface area contributed by atoms with E-state index in [4.69, 9.17) is 11.6 Å². The number of hydrogen-bond donors (Lipinski definition) is 1. The molecule has 158 valence electrons. The average Bonchev–Trinajstić information content (AvgIpc) is 2.69. The van der Waals surface area contributed by atoms with Gasteiger partial charge in [-0.15, -0.1) is 12.4 Å². The highest BCUT2D eigenvalue weighted by Crippen LogP contribution is 2.12. The molecule has 0 spiro atoms. The molecule has 2 aromatic carbocycles. The first kappa shape index (κ1) is 23.6. The SMILES string of the molecule is Cl.O=C(NCCS(=O)(=O)N1CCN(Cc2ccccc2)CC1)c1ccc(Cl)cc1. The largest absolute Gasteiger partial charge is 0.351 e. The van der Waals surface area contributed by atoms with E-state index in [9.17, 15) is 13.2 Å². The zero-order chi connectivity index (χ0) is 20.0. The molecular formula is C20H25Cl2N3O3S. The summed E-state index contributed by atoms with van der Waals surface area (Å²) >= 11 is 5.80. The van der Waals surface area contributed by atoms with E-state index in [-0.39, 0.29) is 30.6 Å². The molecule has 2 aromatic rings. The fraction of sp³-hybridized carbons (Fsp3) is 0.350. The first-order chi connectivity index (χ1) is 13.4. The first-order valence-electron chi connectivity index (χ1n) is 9.22. The summed E-state index contributed by atoms with van der Waals surface area (Å²) in [5.41, 5.74) is 1.68. The number of halogens is 2. The standard InChI is InChI=1S/C20H24ClN3O3S.ClH/c21-19-8-6-18(7-9-19)20(25)22-10-15-28(26,27)24-13-11-23(12-14-24)16-17-4-2-1-3-5-17;/h1-9H,10-16H2,(H,22,25);1H. The van der Waals surface area contributed by atoms with Gasteiger partial charge in [0.05, 0.1) is 5.75 Å². The molecule has 0 unspecified atom stereocenters. The number of amides is 1. The summed E-state index contributed by atoms with van der Waals surface area (Å²) < 4.78 is 26.6. The molecular weight excluding hydrogens is 433 g/mol. The Morgan fingerprint density at radius 2 is 1.59 bits per heavy atom. The van der Waals surface area contributed by atoms with Crippen molar-refractivity contribution in [2.24, 2.45) is 0 Å². The van der Waals surface area contributed by atoms with Gasteiger partial charge in [-0.05, 0) is 29.8 Å². The molecule has 1 fully saturated rings. The number of sulfonamides is 1. The number of nitrogens with zero attached hydrogens (tertiary/aromatic N) is 2. The Morgan fingerprint density at radius 3 is 2.21 bits per heavy atom. The van der Waals surface area contributed by atoms with Crippen LogP contribution in [0.25, 0.3) is 0 Å². The highest BCUT2D eigenvalue weighted by molar-refractivity contribution is 7.89. The molecule has 1 aliphatic rings. The van der Waals surface area contributed by atoms with E-state index in [1.165, 1.54) is 9.87 Å². The number of benzene rings is 2. The van der Waals surface area contributed by atoms with Gasteiger partial charge >= 0.3 is 0 Å². The molecule has 0 aromatic heterocycles.